The average Bonchev–Trinajstić information content (AvgIpc) is 2.70. The minimum atomic E-state index is -3.50. The van der Waals surface area contributed by atoms with Crippen LogP contribution in [-0.2, 0) is 20.6 Å². The number of sulfonamides is 1. The topological polar surface area (TPSA) is 75.7 Å². The lowest BCUT2D eigenvalue weighted by Gasteiger charge is -2.31. The summed E-state index contributed by atoms with van der Waals surface area (Å²) in [5.74, 6) is -0.142. The maximum Gasteiger partial charge on any atom is 0.228 e. The Hall–Kier alpha value is -2.09. The van der Waals surface area contributed by atoms with Crippen molar-refractivity contribution in [3.8, 4) is 5.75 Å². The van der Waals surface area contributed by atoms with Gasteiger partial charge in [0.05, 0.1) is 23.8 Å². The van der Waals surface area contributed by atoms with Crippen LogP contribution in [0, 0.1) is 12.8 Å². The molecule has 3 rings (SSSR count). The summed E-state index contributed by atoms with van der Waals surface area (Å²) in [5, 5.41) is 3.23. The number of aryl methyl sites for hydroxylation is 1. The number of nitrogens with zero attached hydrogens (tertiary/aromatic N) is 1. The summed E-state index contributed by atoms with van der Waals surface area (Å²) >= 11 is 6.11. The Bertz CT molecular complexity index is 994. The van der Waals surface area contributed by atoms with Crippen molar-refractivity contribution >= 4 is 33.2 Å². The highest BCUT2D eigenvalue weighted by molar-refractivity contribution is 7.88. The van der Waals surface area contributed by atoms with Crippen molar-refractivity contribution in [2.45, 2.75) is 25.5 Å². The van der Waals surface area contributed by atoms with Gasteiger partial charge >= 0.3 is 0 Å². The lowest BCUT2D eigenvalue weighted by atomic mass is 9.98. The number of hydrogen-bond acceptors (Lipinski definition) is 4. The first-order valence-corrected chi connectivity index (χ1v) is 11.5. The number of nitrogens with one attached hydrogen (secondary N) is 1. The number of amides is 1. The van der Waals surface area contributed by atoms with Gasteiger partial charge in [-0.2, -0.15) is 0 Å². The second-order valence-corrected chi connectivity index (χ2v) is 9.59. The Balaban J connectivity index is 1.67. The second kappa shape index (κ2) is 9.15. The SMILES string of the molecule is COc1ccc(NC(=O)[C@H]2CCCN(S(=O)(=O)Cc3ccccc3C)C2)cc1Cl. The van der Waals surface area contributed by atoms with E-state index in [9.17, 15) is 13.2 Å². The molecule has 156 valence electrons. The van der Waals surface area contributed by atoms with Crippen LogP contribution in [0.1, 0.15) is 24.0 Å². The zero-order valence-corrected chi connectivity index (χ0v) is 18.1. The Morgan fingerprint density at radius 2 is 2.03 bits per heavy atom. The molecule has 0 bridgehead atoms. The molecule has 2 aromatic rings. The van der Waals surface area contributed by atoms with Gasteiger partial charge in [0.25, 0.3) is 0 Å². The van der Waals surface area contributed by atoms with Crippen LogP contribution >= 0.6 is 11.6 Å². The molecule has 0 aliphatic carbocycles. The van der Waals surface area contributed by atoms with Crippen molar-refractivity contribution < 1.29 is 17.9 Å². The van der Waals surface area contributed by atoms with E-state index < -0.39 is 15.9 Å². The van der Waals surface area contributed by atoms with Crippen molar-refractivity contribution in [3.63, 3.8) is 0 Å². The number of ether oxygens (including phenoxy) is 1. The molecule has 1 heterocycles. The number of carbonyl (C=O) groups is 1. The summed E-state index contributed by atoms with van der Waals surface area (Å²) in [6.07, 6.45) is 1.29. The van der Waals surface area contributed by atoms with Crippen molar-refractivity contribution in [3.05, 3.63) is 58.6 Å². The van der Waals surface area contributed by atoms with E-state index in [0.29, 0.717) is 35.8 Å². The third-order valence-corrected chi connectivity index (χ3v) is 7.26. The van der Waals surface area contributed by atoms with Crippen LogP contribution in [0.5, 0.6) is 5.75 Å². The van der Waals surface area contributed by atoms with Crippen LogP contribution in [0.4, 0.5) is 5.69 Å². The van der Waals surface area contributed by atoms with Crippen molar-refractivity contribution in [1.29, 1.82) is 0 Å². The largest absolute Gasteiger partial charge is 0.495 e. The fourth-order valence-electron chi connectivity index (χ4n) is 3.46. The molecule has 1 N–H and O–H groups in total. The normalized spacial score (nSPS) is 17.7. The first-order valence-electron chi connectivity index (χ1n) is 9.47. The van der Waals surface area contributed by atoms with Crippen LogP contribution in [0.2, 0.25) is 5.02 Å². The van der Waals surface area contributed by atoms with Gasteiger partial charge in [-0.15, -0.1) is 0 Å². The molecule has 1 saturated heterocycles. The smallest absolute Gasteiger partial charge is 0.228 e. The van der Waals surface area contributed by atoms with Crippen LogP contribution < -0.4 is 10.1 Å². The molecule has 1 atom stereocenters. The van der Waals surface area contributed by atoms with Crippen molar-refractivity contribution in [2.24, 2.45) is 5.92 Å². The highest BCUT2D eigenvalue weighted by Gasteiger charge is 2.32. The fourth-order valence-corrected chi connectivity index (χ4v) is 5.43. The maximum atomic E-state index is 12.9. The number of anilines is 1. The molecule has 0 unspecified atom stereocenters. The minimum Gasteiger partial charge on any atom is -0.495 e. The molecule has 29 heavy (non-hydrogen) atoms. The molecule has 0 aromatic heterocycles. The lowest BCUT2D eigenvalue weighted by Crippen LogP contribution is -2.44. The first-order chi connectivity index (χ1) is 13.8. The average molecular weight is 437 g/mol. The molecule has 0 spiro atoms. The number of carbonyl (C=O) groups excluding carboxylic acids is 1. The Labute approximate surface area is 176 Å². The molecule has 1 aliphatic heterocycles. The molecule has 8 heteroatoms. The lowest BCUT2D eigenvalue weighted by molar-refractivity contribution is -0.120. The molecular weight excluding hydrogens is 412 g/mol. The summed E-state index contributed by atoms with van der Waals surface area (Å²) in [4.78, 5) is 12.7. The molecule has 1 fully saturated rings. The molecule has 1 amide bonds. The zero-order chi connectivity index (χ0) is 21.0. The number of halogens is 1. The van der Waals surface area contributed by atoms with Gasteiger partial charge in [-0.05, 0) is 49.1 Å². The standard InChI is InChI=1S/C21H25ClN2O4S/c1-15-6-3-4-7-17(15)14-29(26,27)24-11-5-8-16(13-24)21(25)23-18-9-10-20(28-2)19(22)12-18/h3-4,6-7,9-10,12,16H,5,8,11,13-14H2,1-2H3,(H,23,25)/t16-/m0/s1. The Morgan fingerprint density at radius 3 is 2.72 bits per heavy atom. The predicted molar refractivity (Wildman–Crippen MR) is 115 cm³/mol. The molecular formula is C21H25ClN2O4S. The van der Waals surface area contributed by atoms with E-state index in [-0.39, 0.29) is 18.2 Å². The third kappa shape index (κ3) is 5.29. The van der Waals surface area contributed by atoms with Crippen LogP contribution in [0.15, 0.2) is 42.5 Å². The van der Waals surface area contributed by atoms with Gasteiger partial charge in [-0.1, -0.05) is 35.9 Å². The van der Waals surface area contributed by atoms with E-state index in [4.69, 9.17) is 16.3 Å². The van der Waals surface area contributed by atoms with Crippen LogP contribution in [0.25, 0.3) is 0 Å². The van der Waals surface area contributed by atoms with Gasteiger partial charge in [0, 0.05) is 18.8 Å². The number of piperidine rings is 1. The second-order valence-electron chi connectivity index (χ2n) is 7.22. The molecule has 1 aliphatic rings. The number of methoxy groups -OCH3 is 1. The predicted octanol–water partition coefficient (Wildman–Crippen LogP) is 3.84. The summed E-state index contributed by atoms with van der Waals surface area (Å²) in [6, 6.07) is 12.5. The minimum absolute atomic E-state index is 0.0535. The van der Waals surface area contributed by atoms with E-state index in [1.54, 1.807) is 18.2 Å². The van der Waals surface area contributed by atoms with Crippen LogP contribution in [-0.4, -0.2) is 38.8 Å². The van der Waals surface area contributed by atoms with Crippen molar-refractivity contribution in [2.75, 3.05) is 25.5 Å². The quantitative estimate of drug-likeness (QED) is 0.746. The van der Waals surface area contributed by atoms with E-state index >= 15 is 0 Å². The first kappa shape index (κ1) is 21.6. The van der Waals surface area contributed by atoms with E-state index in [2.05, 4.69) is 5.32 Å². The number of hydrogen-bond donors (Lipinski definition) is 1. The number of benzene rings is 2. The summed E-state index contributed by atoms with van der Waals surface area (Å²) in [5.41, 5.74) is 2.28. The van der Waals surface area contributed by atoms with Gasteiger partial charge in [0.15, 0.2) is 0 Å². The zero-order valence-electron chi connectivity index (χ0n) is 16.5. The van der Waals surface area contributed by atoms with Gasteiger partial charge in [-0.25, -0.2) is 12.7 Å². The maximum absolute atomic E-state index is 12.9. The monoisotopic (exact) mass is 436 g/mol. The van der Waals surface area contributed by atoms with Gasteiger partial charge in [0.1, 0.15) is 5.75 Å². The highest BCUT2D eigenvalue weighted by Crippen LogP contribution is 2.28. The molecule has 2 aromatic carbocycles. The van der Waals surface area contributed by atoms with E-state index in [0.717, 1.165) is 11.1 Å². The third-order valence-electron chi connectivity index (χ3n) is 5.17. The molecule has 6 nitrogen and oxygen atoms in total. The fraction of sp³-hybridized carbons (Fsp3) is 0.381. The highest BCUT2D eigenvalue weighted by atomic mass is 35.5. The molecule has 0 saturated carbocycles. The Morgan fingerprint density at radius 1 is 1.28 bits per heavy atom. The Kier molecular flexibility index (Phi) is 6.82. The number of rotatable bonds is 6. The van der Waals surface area contributed by atoms with Gasteiger partial charge in [-0.3, -0.25) is 4.79 Å². The summed E-state index contributed by atoms with van der Waals surface area (Å²) < 4.78 is 32.4. The van der Waals surface area contributed by atoms with E-state index in [1.165, 1.54) is 11.4 Å². The van der Waals surface area contributed by atoms with Crippen LogP contribution in [0.3, 0.4) is 0 Å². The van der Waals surface area contributed by atoms with E-state index in [1.807, 2.05) is 31.2 Å². The van der Waals surface area contributed by atoms with Gasteiger partial charge in [0.2, 0.25) is 15.9 Å². The summed E-state index contributed by atoms with van der Waals surface area (Å²) in [6.45, 7) is 2.52. The van der Waals surface area contributed by atoms with Gasteiger partial charge < -0.3 is 10.1 Å². The summed E-state index contributed by atoms with van der Waals surface area (Å²) in [7, 11) is -1.98. The van der Waals surface area contributed by atoms with Crippen molar-refractivity contribution in [1.82, 2.24) is 4.31 Å². The molecule has 0 radical (unpaired) electrons.